The molecule has 1 unspecified atom stereocenters. The van der Waals surface area contributed by atoms with Crippen molar-refractivity contribution in [2.75, 3.05) is 6.61 Å². The van der Waals surface area contributed by atoms with Gasteiger partial charge < -0.3 is 10.4 Å². The van der Waals surface area contributed by atoms with Crippen LogP contribution >= 0.6 is 0 Å². The highest BCUT2D eigenvalue weighted by atomic mass is 16.2. The van der Waals surface area contributed by atoms with Crippen molar-refractivity contribution < 1.29 is 9.90 Å². The van der Waals surface area contributed by atoms with Crippen molar-refractivity contribution in [1.82, 2.24) is 10.3 Å². The fraction of sp³-hybridized carbons (Fsp3) is 0.529. The Balaban J connectivity index is 2.58. The molecule has 0 bridgehead atoms. The lowest BCUT2D eigenvalue weighted by Gasteiger charge is -2.13. The van der Waals surface area contributed by atoms with E-state index in [1.165, 1.54) is 12.8 Å². The van der Waals surface area contributed by atoms with Gasteiger partial charge in [0, 0.05) is 30.4 Å². The number of aliphatic hydroxyl groups excluding tert-OH is 1. The third kappa shape index (κ3) is 6.92. The first kappa shape index (κ1) is 17.2. The largest absolute Gasteiger partial charge is 0.395 e. The summed E-state index contributed by atoms with van der Waals surface area (Å²) in [4.78, 5) is 16.2. The van der Waals surface area contributed by atoms with Crippen molar-refractivity contribution in [2.24, 2.45) is 0 Å². The number of carbonyl (C=O) groups is 1. The van der Waals surface area contributed by atoms with Crippen molar-refractivity contribution in [1.29, 1.82) is 0 Å². The highest BCUT2D eigenvalue weighted by molar-refractivity contribution is 5.94. The number of aliphatic hydroxyl groups is 1. The molecule has 1 aromatic rings. The van der Waals surface area contributed by atoms with Crippen LogP contribution in [-0.4, -0.2) is 28.6 Å². The van der Waals surface area contributed by atoms with Crippen molar-refractivity contribution in [2.45, 2.75) is 52.0 Å². The van der Waals surface area contributed by atoms with Gasteiger partial charge >= 0.3 is 0 Å². The molecule has 0 aromatic carbocycles. The van der Waals surface area contributed by atoms with Crippen LogP contribution in [0.1, 0.15) is 61.9 Å². The van der Waals surface area contributed by atoms with Gasteiger partial charge in [-0.05, 0) is 19.4 Å². The van der Waals surface area contributed by atoms with Crippen LogP contribution in [0.4, 0.5) is 0 Å². The van der Waals surface area contributed by atoms with E-state index in [0.717, 1.165) is 12.8 Å². The van der Waals surface area contributed by atoms with Crippen LogP contribution in [0.3, 0.4) is 0 Å². The maximum Gasteiger partial charge on any atom is 0.253 e. The number of nitrogens with zero attached hydrogens (tertiary/aromatic N) is 1. The van der Waals surface area contributed by atoms with Gasteiger partial charge in [-0.2, -0.15) is 0 Å². The van der Waals surface area contributed by atoms with Crippen molar-refractivity contribution >= 4 is 5.91 Å². The van der Waals surface area contributed by atoms with E-state index in [-0.39, 0.29) is 18.6 Å². The smallest absolute Gasteiger partial charge is 0.253 e. The summed E-state index contributed by atoms with van der Waals surface area (Å²) < 4.78 is 0. The minimum absolute atomic E-state index is 0.0376. The first-order chi connectivity index (χ1) is 10.2. The van der Waals surface area contributed by atoms with Crippen LogP contribution in [0.5, 0.6) is 0 Å². The lowest BCUT2D eigenvalue weighted by molar-refractivity contribution is 0.0937. The minimum Gasteiger partial charge on any atom is -0.395 e. The summed E-state index contributed by atoms with van der Waals surface area (Å²) in [5.74, 6) is 5.59. The zero-order valence-corrected chi connectivity index (χ0v) is 12.9. The standard InChI is InChI=1S/C17H24N2O2/c1-3-4-5-8-14(2)19-17(21)16-11-15(12-18-13-16)9-6-7-10-20/h11-14,20H,3-5,7-8,10H2,1-2H3,(H,19,21). The molecule has 2 N–H and O–H groups in total. The molecule has 0 saturated carbocycles. The zero-order chi connectivity index (χ0) is 15.5. The predicted octanol–water partition coefficient (Wildman–Crippen LogP) is 2.51. The van der Waals surface area contributed by atoms with Crippen LogP contribution in [0.15, 0.2) is 18.5 Å². The Morgan fingerprint density at radius 3 is 2.95 bits per heavy atom. The van der Waals surface area contributed by atoms with Gasteiger partial charge in [0.15, 0.2) is 0 Å². The summed E-state index contributed by atoms with van der Waals surface area (Å²) in [5.41, 5.74) is 1.21. The molecule has 1 rings (SSSR count). The molecule has 0 aliphatic heterocycles. The molecule has 0 radical (unpaired) electrons. The Morgan fingerprint density at radius 2 is 2.24 bits per heavy atom. The first-order valence-electron chi connectivity index (χ1n) is 7.53. The zero-order valence-electron chi connectivity index (χ0n) is 12.9. The second-order valence-corrected chi connectivity index (χ2v) is 5.11. The normalized spacial score (nSPS) is 11.4. The summed E-state index contributed by atoms with van der Waals surface area (Å²) in [6.45, 7) is 4.22. The average Bonchev–Trinajstić information content (AvgIpc) is 2.48. The van der Waals surface area contributed by atoms with Crippen LogP contribution in [0.2, 0.25) is 0 Å². The second-order valence-electron chi connectivity index (χ2n) is 5.11. The summed E-state index contributed by atoms with van der Waals surface area (Å²) in [5, 5.41) is 11.7. The molecule has 1 heterocycles. The topological polar surface area (TPSA) is 62.2 Å². The lowest BCUT2D eigenvalue weighted by Crippen LogP contribution is -2.32. The van der Waals surface area contributed by atoms with Crippen LogP contribution in [0, 0.1) is 11.8 Å². The van der Waals surface area contributed by atoms with E-state index in [1.54, 1.807) is 18.5 Å². The number of nitrogens with one attached hydrogen (secondary N) is 1. The molecular formula is C17H24N2O2. The van der Waals surface area contributed by atoms with Crippen molar-refractivity contribution in [3.05, 3.63) is 29.6 Å². The molecule has 1 amide bonds. The van der Waals surface area contributed by atoms with Gasteiger partial charge in [-0.1, -0.05) is 38.0 Å². The van der Waals surface area contributed by atoms with Crippen molar-refractivity contribution in [3.8, 4) is 11.8 Å². The van der Waals surface area contributed by atoms with Gasteiger partial charge in [0.25, 0.3) is 5.91 Å². The van der Waals surface area contributed by atoms with Crippen molar-refractivity contribution in [3.63, 3.8) is 0 Å². The third-order valence-corrected chi connectivity index (χ3v) is 3.09. The van der Waals surface area contributed by atoms with E-state index in [1.807, 2.05) is 6.92 Å². The molecule has 4 nitrogen and oxygen atoms in total. The highest BCUT2D eigenvalue weighted by Crippen LogP contribution is 2.06. The van der Waals surface area contributed by atoms with Crippen LogP contribution < -0.4 is 5.32 Å². The minimum atomic E-state index is -0.114. The summed E-state index contributed by atoms with van der Waals surface area (Å²) in [7, 11) is 0. The highest BCUT2D eigenvalue weighted by Gasteiger charge is 2.10. The molecule has 0 fully saturated rings. The molecule has 4 heteroatoms. The van der Waals surface area contributed by atoms with E-state index >= 15 is 0 Å². The van der Waals surface area contributed by atoms with Crippen LogP contribution in [0.25, 0.3) is 0 Å². The number of rotatable bonds is 7. The molecule has 0 spiro atoms. The third-order valence-electron chi connectivity index (χ3n) is 3.09. The van der Waals surface area contributed by atoms with Gasteiger partial charge in [0.1, 0.15) is 0 Å². The lowest BCUT2D eigenvalue weighted by atomic mass is 10.1. The number of hydrogen-bond donors (Lipinski definition) is 2. The average molecular weight is 288 g/mol. The van der Waals surface area contributed by atoms with Gasteiger partial charge in [0.05, 0.1) is 12.2 Å². The molecule has 114 valence electrons. The van der Waals surface area contributed by atoms with Gasteiger partial charge in [0.2, 0.25) is 0 Å². The second kappa shape index (κ2) is 9.95. The van der Waals surface area contributed by atoms with Gasteiger partial charge in [-0.15, -0.1) is 0 Å². The van der Waals surface area contributed by atoms with E-state index in [9.17, 15) is 4.79 Å². The molecule has 0 aliphatic rings. The number of carbonyl (C=O) groups excluding carboxylic acids is 1. The molecule has 21 heavy (non-hydrogen) atoms. The fourth-order valence-electron chi connectivity index (χ4n) is 1.93. The Kier molecular flexibility index (Phi) is 8.15. The van der Waals surface area contributed by atoms with E-state index in [4.69, 9.17) is 5.11 Å². The molecular weight excluding hydrogens is 264 g/mol. The molecule has 1 atom stereocenters. The summed E-state index contributed by atoms with van der Waals surface area (Å²) in [6, 6.07) is 1.89. The Hall–Kier alpha value is -1.86. The van der Waals surface area contributed by atoms with Gasteiger partial charge in [-0.25, -0.2) is 0 Å². The molecule has 0 saturated heterocycles. The maximum absolute atomic E-state index is 12.1. The van der Waals surface area contributed by atoms with E-state index in [2.05, 4.69) is 29.1 Å². The van der Waals surface area contributed by atoms with E-state index in [0.29, 0.717) is 17.5 Å². The quantitative estimate of drug-likeness (QED) is 0.598. The first-order valence-corrected chi connectivity index (χ1v) is 7.53. The number of aromatic nitrogens is 1. The van der Waals surface area contributed by atoms with Gasteiger partial charge in [-0.3, -0.25) is 9.78 Å². The molecule has 0 aliphatic carbocycles. The Morgan fingerprint density at radius 1 is 1.43 bits per heavy atom. The SMILES string of the molecule is CCCCCC(C)NC(=O)c1cncc(C#CCCO)c1. The monoisotopic (exact) mass is 288 g/mol. The number of unbranched alkanes of at least 4 members (excludes halogenated alkanes) is 2. The molecule has 1 aromatic heterocycles. The van der Waals surface area contributed by atoms with Crippen LogP contribution in [-0.2, 0) is 0 Å². The van der Waals surface area contributed by atoms with E-state index < -0.39 is 0 Å². The summed E-state index contributed by atoms with van der Waals surface area (Å²) in [6.07, 6.45) is 8.07. The fourth-order valence-corrected chi connectivity index (χ4v) is 1.93. The maximum atomic E-state index is 12.1. The number of pyridine rings is 1. The number of amides is 1. The predicted molar refractivity (Wildman–Crippen MR) is 83.9 cm³/mol. The summed E-state index contributed by atoms with van der Waals surface area (Å²) >= 11 is 0. The Bertz CT molecular complexity index is 503. The number of hydrogen-bond acceptors (Lipinski definition) is 3. The Labute approximate surface area is 127 Å².